The van der Waals surface area contributed by atoms with Gasteiger partial charge in [0.15, 0.2) is 0 Å². The lowest BCUT2D eigenvalue weighted by atomic mass is 10.0. The van der Waals surface area contributed by atoms with Gasteiger partial charge in [0.05, 0.1) is 12.8 Å². The van der Waals surface area contributed by atoms with E-state index in [1.165, 1.54) is 0 Å². The lowest BCUT2D eigenvalue weighted by Gasteiger charge is -2.22. The normalized spacial score (nSPS) is 13.8. The Morgan fingerprint density at radius 2 is 2.11 bits per heavy atom. The van der Waals surface area contributed by atoms with Gasteiger partial charge in [0.25, 0.3) is 0 Å². The van der Waals surface area contributed by atoms with Gasteiger partial charge in [-0.05, 0) is 31.0 Å². The number of nitrogens with one attached hydrogen (secondary N) is 1. The Balaban J connectivity index is 2.97. The second-order valence-corrected chi connectivity index (χ2v) is 4.60. The van der Waals surface area contributed by atoms with Crippen LogP contribution in [0.5, 0.6) is 5.75 Å². The van der Waals surface area contributed by atoms with E-state index in [0.29, 0.717) is 17.5 Å². The molecule has 0 spiro atoms. The smallest absolute Gasteiger partial charge is 0.248 e. The minimum absolute atomic E-state index is 0.298. The highest BCUT2D eigenvalue weighted by atomic mass is 16.5. The molecule has 0 radical (unpaired) electrons. The molecule has 1 aromatic carbocycles. The third-order valence-electron chi connectivity index (χ3n) is 3.36. The van der Waals surface area contributed by atoms with Gasteiger partial charge in [-0.25, -0.2) is 0 Å². The zero-order valence-corrected chi connectivity index (χ0v) is 11.5. The first kappa shape index (κ1) is 14.4. The van der Waals surface area contributed by atoms with Crippen LogP contribution in [0.15, 0.2) is 18.2 Å². The fourth-order valence-electron chi connectivity index (χ4n) is 1.72. The Bertz CT molecular complexity index is 418. The van der Waals surface area contributed by atoms with Crippen molar-refractivity contribution in [2.75, 3.05) is 12.4 Å². The van der Waals surface area contributed by atoms with Gasteiger partial charge in [-0.1, -0.05) is 20.3 Å². The fraction of sp³-hybridized carbons (Fsp3) is 0.500. The first-order valence-corrected chi connectivity index (χ1v) is 6.24. The second kappa shape index (κ2) is 6.28. The van der Waals surface area contributed by atoms with Crippen LogP contribution in [0.25, 0.3) is 0 Å². The van der Waals surface area contributed by atoms with Gasteiger partial charge in [-0.3, -0.25) is 4.79 Å². The van der Waals surface area contributed by atoms with Crippen LogP contribution in [0, 0.1) is 5.92 Å². The summed E-state index contributed by atoms with van der Waals surface area (Å²) in [4.78, 5) is 11.2. The second-order valence-electron chi connectivity index (χ2n) is 4.60. The van der Waals surface area contributed by atoms with Crippen LogP contribution in [-0.2, 0) is 0 Å². The summed E-state index contributed by atoms with van der Waals surface area (Å²) in [6.45, 7) is 6.45. The van der Waals surface area contributed by atoms with Gasteiger partial charge >= 0.3 is 0 Å². The number of anilines is 1. The first-order valence-electron chi connectivity index (χ1n) is 6.24. The molecule has 0 aliphatic heterocycles. The van der Waals surface area contributed by atoms with Gasteiger partial charge in [0, 0.05) is 11.6 Å². The van der Waals surface area contributed by atoms with Crippen molar-refractivity contribution in [3.05, 3.63) is 23.8 Å². The fourth-order valence-corrected chi connectivity index (χ4v) is 1.72. The number of amides is 1. The van der Waals surface area contributed by atoms with Crippen LogP contribution < -0.4 is 15.8 Å². The van der Waals surface area contributed by atoms with Crippen LogP contribution in [0.2, 0.25) is 0 Å². The maximum Gasteiger partial charge on any atom is 0.248 e. The van der Waals surface area contributed by atoms with E-state index in [9.17, 15) is 4.79 Å². The van der Waals surface area contributed by atoms with E-state index >= 15 is 0 Å². The van der Waals surface area contributed by atoms with Crippen molar-refractivity contribution in [3.8, 4) is 5.75 Å². The average Bonchev–Trinajstić information content (AvgIpc) is 2.37. The summed E-state index contributed by atoms with van der Waals surface area (Å²) < 4.78 is 5.28. The Hall–Kier alpha value is -1.71. The van der Waals surface area contributed by atoms with Crippen molar-refractivity contribution in [3.63, 3.8) is 0 Å². The number of carbonyl (C=O) groups is 1. The maximum absolute atomic E-state index is 11.2. The third kappa shape index (κ3) is 3.39. The molecular weight excluding hydrogens is 228 g/mol. The number of carbonyl (C=O) groups excluding carboxylic acids is 1. The predicted octanol–water partition coefficient (Wildman–Crippen LogP) is 2.64. The molecule has 0 saturated heterocycles. The topological polar surface area (TPSA) is 64.3 Å². The van der Waals surface area contributed by atoms with E-state index in [1.54, 1.807) is 25.3 Å². The molecule has 2 atom stereocenters. The molecule has 1 rings (SSSR count). The molecule has 0 heterocycles. The summed E-state index contributed by atoms with van der Waals surface area (Å²) in [5, 5.41) is 3.37. The first-order chi connectivity index (χ1) is 8.49. The molecule has 0 aliphatic rings. The number of methoxy groups -OCH3 is 1. The molecule has 1 aromatic rings. The summed E-state index contributed by atoms with van der Waals surface area (Å²) in [5.41, 5.74) is 6.57. The minimum atomic E-state index is -0.433. The third-order valence-corrected chi connectivity index (χ3v) is 3.36. The molecule has 4 nitrogen and oxygen atoms in total. The molecule has 2 unspecified atom stereocenters. The Kier molecular flexibility index (Phi) is 5.01. The van der Waals surface area contributed by atoms with E-state index < -0.39 is 5.91 Å². The largest absolute Gasteiger partial charge is 0.495 e. The van der Waals surface area contributed by atoms with Gasteiger partial charge in [0.1, 0.15) is 5.75 Å². The molecule has 0 fully saturated rings. The number of primary amides is 1. The highest BCUT2D eigenvalue weighted by molar-refractivity contribution is 5.94. The van der Waals surface area contributed by atoms with E-state index in [-0.39, 0.29) is 0 Å². The van der Waals surface area contributed by atoms with E-state index in [4.69, 9.17) is 10.5 Å². The molecule has 3 N–H and O–H groups in total. The molecule has 1 amide bonds. The molecule has 4 heteroatoms. The zero-order valence-electron chi connectivity index (χ0n) is 11.5. The van der Waals surface area contributed by atoms with Crippen molar-refractivity contribution in [1.29, 1.82) is 0 Å². The van der Waals surface area contributed by atoms with Crippen LogP contribution in [-0.4, -0.2) is 19.1 Å². The van der Waals surface area contributed by atoms with Crippen LogP contribution in [0.4, 0.5) is 5.69 Å². The van der Waals surface area contributed by atoms with E-state index in [1.807, 2.05) is 0 Å². The molecule has 0 aromatic heterocycles. The lowest BCUT2D eigenvalue weighted by Crippen LogP contribution is -2.24. The number of nitrogens with two attached hydrogens (primary N) is 1. The summed E-state index contributed by atoms with van der Waals surface area (Å²) in [6, 6.07) is 5.46. The van der Waals surface area contributed by atoms with Crippen molar-refractivity contribution in [2.45, 2.75) is 33.2 Å². The van der Waals surface area contributed by atoms with Crippen LogP contribution in [0.1, 0.15) is 37.6 Å². The number of benzene rings is 1. The van der Waals surface area contributed by atoms with Crippen molar-refractivity contribution in [1.82, 2.24) is 0 Å². The highest BCUT2D eigenvalue weighted by Crippen LogP contribution is 2.27. The minimum Gasteiger partial charge on any atom is -0.495 e. The van der Waals surface area contributed by atoms with Crippen molar-refractivity contribution >= 4 is 11.6 Å². The standard InChI is InChI=1S/C14H22N2O2/c1-5-9(2)10(3)16-12-8-11(14(15)17)6-7-13(12)18-4/h6-10,16H,5H2,1-4H3,(H2,15,17). The molecule has 0 saturated carbocycles. The van der Waals surface area contributed by atoms with E-state index in [0.717, 1.165) is 17.9 Å². The van der Waals surface area contributed by atoms with Crippen molar-refractivity contribution < 1.29 is 9.53 Å². The summed E-state index contributed by atoms with van der Waals surface area (Å²) >= 11 is 0. The average molecular weight is 250 g/mol. The quantitative estimate of drug-likeness (QED) is 0.815. The SMILES string of the molecule is CCC(C)C(C)Nc1cc(C(N)=O)ccc1OC. The van der Waals surface area contributed by atoms with Crippen LogP contribution in [0.3, 0.4) is 0 Å². The molecule has 100 valence electrons. The number of ether oxygens (including phenoxy) is 1. The monoisotopic (exact) mass is 250 g/mol. The highest BCUT2D eigenvalue weighted by Gasteiger charge is 2.13. The predicted molar refractivity (Wildman–Crippen MR) is 74.1 cm³/mol. The summed E-state index contributed by atoms with van der Waals surface area (Å²) in [6.07, 6.45) is 1.09. The Morgan fingerprint density at radius 1 is 1.44 bits per heavy atom. The van der Waals surface area contributed by atoms with Gasteiger partial charge in [-0.2, -0.15) is 0 Å². The number of hydrogen-bond donors (Lipinski definition) is 2. The van der Waals surface area contributed by atoms with Gasteiger partial charge in [-0.15, -0.1) is 0 Å². The van der Waals surface area contributed by atoms with Gasteiger partial charge in [0.2, 0.25) is 5.91 Å². The van der Waals surface area contributed by atoms with Crippen LogP contribution >= 0.6 is 0 Å². The molecular formula is C14H22N2O2. The van der Waals surface area contributed by atoms with Crippen molar-refractivity contribution in [2.24, 2.45) is 11.7 Å². The lowest BCUT2D eigenvalue weighted by molar-refractivity contribution is 0.100. The molecule has 0 aliphatic carbocycles. The van der Waals surface area contributed by atoms with Gasteiger partial charge < -0.3 is 15.8 Å². The Labute approximate surface area is 109 Å². The van der Waals surface area contributed by atoms with E-state index in [2.05, 4.69) is 26.1 Å². The summed E-state index contributed by atoms with van der Waals surface area (Å²) in [7, 11) is 1.61. The number of rotatable bonds is 6. The maximum atomic E-state index is 11.2. The summed E-state index contributed by atoms with van der Waals surface area (Å²) in [5.74, 6) is 0.819. The number of hydrogen-bond acceptors (Lipinski definition) is 3. The molecule has 18 heavy (non-hydrogen) atoms. The zero-order chi connectivity index (χ0) is 13.7. The molecule has 0 bridgehead atoms. The Morgan fingerprint density at radius 3 is 2.61 bits per heavy atom.